The molecule has 66 valence electrons. The zero-order chi connectivity index (χ0) is 8.97. The summed E-state index contributed by atoms with van der Waals surface area (Å²) in [6.07, 6.45) is 0. The van der Waals surface area contributed by atoms with E-state index in [1.54, 1.807) is 7.11 Å². The van der Waals surface area contributed by atoms with Gasteiger partial charge in [0.25, 0.3) is 0 Å². The van der Waals surface area contributed by atoms with Crippen LogP contribution in [0.3, 0.4) is 0 Å². The van der Waals surface area contributed by atoms with Gasteiger partial charge in [-0.05, 0) is 34.2 Å². The van der Waals surface area contributed by atoms with Crippen molar-refractivity contribution in [2.24, 2.45) is 5.73 Å². The summed E-state index contributed by atoms with van der Waals surface area (Å²) in [6, 6.07) is 8.07. The quantitative estimate of drug-likeness (QED) is 0.857. The lowest BCUT2D eigenvalue weighted by atomic mass is 10.1. The fourth-order valence-corrected chi connectivity index (χ4v) is 1.83. The van der Waals surface area contributed by atoms with Crippen molar-refractivity contribution in [2.45, 2.75) is 6.04 Å². The second kappa shape index (κ2) is 4.79. The molecule has 0 aliphatic heterocycles. The van der Waals surface area contributed by atoms with E-state index in [1.165, 1.54) is 3.57 Å². The summed E-state index contributed by atoms with van der Waals surface area (Å²) in [5.74, 6) is 0. The van der Waals surface area contributed by atoms with Crippen molar-refractivity contribution in [3.63, 3.8) is 0 Å². The Morgan fingerprint density at radius 2 is 2.17 bits per heavy atom. The fraction of sp³-hybridized carbons (Fsp3) is 0.333. The number of nitrogens with two attached hydrogens (primary N) is 1. The van der Waals surface area contributed by atoms with Crippen LogP contribution in [0, 0.1) is 3.57 Å². The first kappa shape index (κ1) is 9.95. The SMILES string of the molecule is COC[C@H](N)c1ccccc1I. The van der Waals surface area contributed by atoms with Crippen molar-refractivity contribution in [3.8, 4) is 0 Å². The van der Waals surface area contributed by atoms with E-state index in [2.05, 4.69) is 22.6 Å². The number of ether oxygens (including phenoxy) is 1. The Bertz CT molecular complexity index is 252. The van der Waals surface area contributed by atoms with Gasteiger partial charge in [0.1, 0.15) is 0 Å². The first-order valence-corrected chi connectivity index (χ1v) is 4.82. The molecule has 2 nitrogen and oxygen atoms in total. The topological polar surface area (TPSA) is 35.2 Å². The molecule has 0 radical (unpaired) electrons. The smallest absolute Gasteiger partial charge is 0.0655 e. The minimum absolute atomic E-state index is 0.0110. The maximum absolute atomic E-state index is 5.88. The number of rotatable bonds is 3. The Kier molecular flexibility index (Phi) is 3.97. The zero-order valence-electron chi connectivity index (χ0n) is 6.96. The van der Waals surface area contributed by atoms with Crippen LogP contribution < -0.4 is 5.73 Å². The lowest BCUT2D eigenvalue weighted by molar-refractivity contribution is 0.180. The van der Waals surface area contributed by atoms with Gasteiger partial charge in [0.05, 0.1) is 12.6 Å². The summed E-state index contributed by atoms with van der Waals surface area (Å²) in [6.45, 7) is 0.569. The molecule has 0 spiro atoms. The zero-order valence-corrected chi connectivity index (χ0v) is 9.11. The molecule has 0 aliphatic rings. The Morgan fingerprint density at radius 3 is 2.75 bits per heavy atom. The van der Waals surface area contributed by atoms with Gasteiger partial charge in [-0.2, -0.15) is 0 Å². The van der Waals surface area contributed by atoms with Gasteiger partial charge >= 0.3 is 0 Å². The van der Waals surface area contributed by atoms with E-state index < -0.39 is 0 Å². The van der Waals surface area contributed by atoms with Crippen molar-refractivity contribution >= 4 is 22.6 Å². The number of methoxy groups -OCH3 is 1. The van der Waals surface area contributed by atoms with E-state index >= 15 is 0 Å². The Morgan fingerprint density at radius 1 is 1.50 bits per heavy atom. The third-order valence-electron chi connectivity index (χ3n) is 1.65. The highest BCUT2D eigenvalue weighted by Gasteiger charge is 2.07. The minimum atomic E-state index is -0.0110. The third-order valence-corrected chi connectivity index (χ3v) is 2.63. The van der Waals surface area contributed by atoms with E-state index in [4.69, 9.17) is 10.5 Å². The van der Waals surface area contributed by atoms with Crippen LogP contribution in [0.2, 0.25) is 0 Å². The highest BCUT2D eigenvalue weighted by atomic mass is 127. The van der Waals surface area contributed by atoms with Crippen molar-refractivity contribution in [3.05, 3.63) is 33.4 Å². The van der Waals surface area contributed by atoms with Crippen LogP contribution in [0.5, 0.6) is 0 Å². The van der Waals surface area contributed by atoms with Gasteiger partial charge in [0.2, 0.25) is 0 Å². The Balaban J connectivity index is 2.79. The van der Waals surface area contributed by atoms with E-state index in [9.17, 15) is 0 Å². The molecular formula is C9H12INO. The van der Waals surface area contributed by atoms with Gasteiger partial charge < -0.3 is 10.5 Å². The highest BCUT2D eigenvalue weighted by molar-refractivity contribution is 14.1. The van der Waals surface area contributed by atoms with Crippen LogP contribution in [-0.2, 0) is 4.74 Å². The molecule has 2 N–H and O–H groups in total. The Labute approximate surface area is 86.2 Å². The highest BCUT2D eigenvalue weighted by Crippen LogP contribution is 2.17. The summed E-state index contributed by atoms with van der Waals surface area (Å²) >= 11 is 2.28. The van der Waals surface area contributed by atoms with Gasteiger partial charge in [-0.25, -0.2) is 0 Å². The first-order chi connectivity index (χ1) is 5.75. The normalized spacial score (nSPS) is 12.9. The molecule has 0 aliphatic carbocycles. The molecule has 1 atom stereocenters. The van der Waals surface area contributed by atoms with Crippen molar-refractivity contribution in [1.29, 1.82) is 0 Å². The van der Waals surface area contributed by atoms with Gasteiger partial charge in [-0.1, -0.05) is 18.2 Å². The molecular weight excluding hydrogens is 265 g/mol. The summed E-state index contributed by atoms with van der Waals surface area (Å²) < 4.78 is 6.18. The maximum Gasteiger partial charge on any atom is 0.0655 e. The second-order valence-electron chi connectivity index (χ2n) is 2.58. The van der Waals surface area contributed by atoms with Crippen molar-refractivity contribution in [1.82, 2.24) is 0 Å². The number of hydrogen-bond acceptors (Lipinski definition) is 2. The number of benzene rings is 1. The standard InChI is InChI=1S/C9H12INO/c1-12-6-9(11)7-4-2-3-5-8(7)10/h2-5,9H,6,11H2,1H3/t9-/m0/s1. The van der Waals surface area contributed by atoms with Crippen LogP contribution in [0.4, 0.5) is 0 Å². The molecule has 0 aromatic heterocycles. The average molecular weight is 277 g/mol. The molecule has 12 heavy (non-hydrogen) atoms. The van der Waals surface area contributed by atoms with Crippen LogP contribution >= 0.6 is 22.6 Å². The molecule has 0 unspecified atom stereocenters. The number of halogens is 1. The number of hydrogen-bond donors (Lipinski definition) is 1. The lowest BCUT2D eigenvalue weighted by Crippen LogP contribution is -2.17. The third kappa shape index (κ3) is 2.43. The molecule has 3 heteroatoms. The first-order valence-electron chi connectivity index (χ1n) is 3.74. The van der Waals surface area contributed by atoms with Gasteiger partial charge in [-0.15, -0.1) is 0 Å². The summed E-state index contributed by atoms with van der Waals surface area (Å²) in [5.41, 5.74) is 7.03. The fourth-order valence-electron chi connectivity index (χ4n) is 1.05. The predicted octanol–water partition coefficient (Wildman–Crippen LogP) is 1.94. The maximum atomic E-state index is 5.88. The second-order valence-corrected chi connectivity index (χ2v) is 3.75. The molecule has 1 rings (SSSR count). The molecule has 0 fully saturated rings. The monoisotopic (exact) mass is 277 g/mol. The van der Waals surface area contributed by atoms with Crippen LogP contribution in [0.25, 0.3) is 0 Å². The van der Waals surface area contributed by atoms with Crippen LogP contribution in [-0.4, -0.2) is 13.7 Å². The molecule has 0 bridgehead atoms. The van der Waals surface area contributed by atoms with E-state index in [-0.39, 0.29) is 6.04 Å². The Hall–Kier alpha value is -0.130. The molecule has 0 saturated carbocycles. The lowest BCUT2D eigenvalue weighted by Gasteiger charge is -2.11. The summed E-state index contributed by atoms with van der Waals surface area (Å²) in [5, 5.41) is 0. The summed E-state index contributed by atoms with van der Waals surface area (Å²) in [7, 11) is 1.66. The predicted molar refractivity (Wildman–Crippen MR) is 58.0 cm³/mol. The van der Waals surface area contributed by atoms with E-state index in [0.29, 0.717) is 6.61 Å². The van der Waals surface area contributed by atoms with Gasteiger partial charge in [-0.3, -0.25) is 0 Å². The van der Waals surface area contributed by atoms with Crippen molar-refractivity contribution < 1.29 is 4.74 Å². The van der Waals surface area contributed by atoms with Crippen molar-refractivity contribution in [2.75, 3.05) is 13.7 Å². The van der Waals surface area contributed by atoms with Crippen LogP contribution in [0.15, 0.2) is 24.3 Å². The van der Waals surface area contributed by atoms with Crippen LogP contribution in [0.1, 0.15) is 11.6 Å². The van der Waals surface area contributed by atoms with Gasteiger partial charge in [0, 0.05) is 10.7 Å². The average Bonchev–Trinajstić information content (AvgIpc) is 2.05. The molecule has 0 heterocycles. The molecule has 1 aromatic rings. The summed E-state index contributed by atoms with van der Waals surface area (Å²) in [4.78, 5) is 0. The molecule has 0 amide bonds. The molecule has 0 saturated heterocycles. The van der Waals surface area contributed by atoms with Gasteiger partial charge in [0.15, 0.2) is 0 Å². The van der Waals surface area contributed by atoms with E-state index in [1.807, 2.05) is 24.3 Å². The largest absolute Gasteiger partial charge is 0.383 e. The van der Waals surface area contributed by atoms with E-state index in [0.717, 1.165) is 5.56 Å². The minimum Gasteiger partial charge on any atom is -0.383 e. The molecule has 1 aromatic carbocycles.